The molecule has 5 nitrogen and oxygen atoms in total. The molecule has 0 aromatic carbocycles. The molecule has 1 aromatic rings. The first-order chi connectivity index (χ1) is 9.85. The first-order valence-corrected chi connectivity index (χ1v) is 7.45. The van der Waals surface area contributed by atoms with Crippen LogP contribution in [0.5, 0.6) is 0 Å². The van der Waals surface area contributed by atoms with E-state index in [2.05, 4.69) is 22.0 Å². The molecule has 1 amide bonds. The van der Waals surface area contributed by atoms with Gasteiger partial charge in [0.15, 0.2) is 0 Å². The molecule has 3 heterocycles. The van der Waals surface area contributed by atoms with Gasteiger partial charge in [-0.1, -0.05) is 0 Å². The average Bonchev–Trinajstić information content (AvgIpc) is 2.29. The van der Waals surface area contributed by atoms with Gasteiger partial charge in [-0.25, -0.2) is 4.79 Å². The minimum atomic E-state index is -0.410. The molecule has 2 saturated heterocycles. The van der Waals surface area contributed by atoms with Gasteiger partial charge in [-0.3, -0.25) is 9.88 Å². The van der Waals surface area contributed by atoms with Gasteiger partial charge in [0.25, 0.3) is 0 Å². The first-order valence-electron chi connectivity index (χ1n) is 7.45. The van der Waals surface area contributed by atoms with Crippen molar-refractivity contribution in [3.05, 3.63) is 30.1 Å². The predicted octanol–water partition coefficient (Wildman–Crippen LogP) is 2.13. The molecule has 3 rings (SSSR count). The Kier molecular flexibility index (Phi) is 3.40. The Hall–Kier alpha value is -1.62. The molecule has 2 aliphatic heterocycles. The molecule has 1 aromatic heterocycles. The van der Waals surface area contributed by atoms with Crippen LogP contribution in [0.25, 0.3) is 0 Å². The minimum Gasteiger partial charge on any atom is -0.444 e. The van der Waals surface area contributed by atoms with Gasteiger partial charge >= 0.3 is 6.09 Å². The second kappa shape index (κ2) is 4.98. The molecule has 0 atom stereocenters. The molecule has 0 bridgehead atoms. The standard InChI is InChI=1S/C16H23N3O2/c1-15(2,3)21-14(20)19-11-16(12-19)9-18(10-16)8-13-4-6-17-7-5-13/h4-7H,8-12H2,1-3H3. The van der Waals surface area contributed by atoms with E-state index in [1.807, 2.05) is 38.1 Å². The van der Waals surface area contributed by atoms with Gasteiger partial charge in [0.2, 0.25) is 0 Å². The van der Waals surface area contributed by atoms with Crippen molar-refractivity contribution in [3.63, 3.8) is 0 Å². The van der Waals surface area contributed by atoms with E-state index in [1.54, 1.807) is 0 Å². The number of nitrogens with zero attached hydrogens (tertiary/aromatic N) is 3. The molecule has 21 heavy (non-hydrogen) atoms. The Morgan fingerprint density at radius 3 is 2.43 bits per heavy atom. The van der Waals surface area contributed by atoms with E-state index in [0.29, 0.717) is 5.41 Å². The Morgan fingerprint density at radius 1 is 1.24 bits per heavy atom. The molecule has 1 spiro atoms. The summed E-state index contributed by atoms with van der Waals surface area (Å²) in [6.45, 7) is 10.5. The smallest absolute Gasteiger partial charge is 0.410 e. The van der Waals surface area contributed by atoms with E-state index >= 15 is 0 Å². The summed E-state index contributed by atoms with van der Waals surface area (Å²) in [7, 11) is 0. The highest BCUT2D eigenvalue weighted by atomic mass is 16.6. The van der Waals surface area contributed by atoms with Gasteiger partial charge in [0, 0.05) is 50.5 Å². The van der Waals surface area contributed by atoms with Gasteiger partial charge in [0.05, 0.1) is 0 Å². The van der Waals surface area contributed by atoms with Crippen LogP contribution in [0, 0.1) is 5.41 Å². The summed E-state index contributed by atoms with van der Waals surface area (Å²) in [4.78, 5) is 20.2. The number of rotatable bonds is 2. The Morgan fingerprint density at radius 2 is 1.86 bits per heavy atom. The van der Waals surface area contributed by atoms with Crippen LogP contribution in [-0.4, -0.2) is 52.7 Å². The van der Waals surface area contributed by atoms with E-state index in [4.69, 9.17) is 4.74 Å². The minimum absolute atomic E-state index is 0.180. The monoisotopic (exact) mass is 289 g/mol. The number of carbonyl (C=O) groups excluding carboxylic acids is 1. The highest BCUT2D eigenvalue weighted by molar-refractivity contribution is 5.69. The van der Waals surface area contributed by atoms with Crippen molar-refractivity contribution < 1.29 is 9.53 Å². The quantitative estimate of drug-likeness (QED) is 0.837. The van der Waals surface area contributed by atoms with Crippen LogP contribution in [0.4, 0.5) is 4.79 Å². The van der Waals surface area contributed by atoms with E-state index < -0.39 is 5.60 Å². The van der Waals surface area contributed by atoms with Crippen molar-refractivity contribution >= 4 is 6.09 Å². The Bertz CT molecular complexity index is 510. The van der Waals surface area contributed by atoms with E-state index in [0.717, 1.165) is 32.7 Å². The molecule has 0 radical (unpaired) electrons. The molecule has 2 fully saturated rings. The van der Waals surface area contributed by atoms with Gasteiger partial charge < -0.3 is 9.64 Å². The zero-order valence-corrected chi connectivity index (χ0v) is 13.0. The van der Waals surface area contributed by atoms with Crippen molar-refractivity contribution in [1.82, 2.24) is 14.8 Å². The van der Waals surface area contributed by atoms with Crippen molar-refractivity contribution in [2.75, 3.05) is 26.2 Å². The molecular weight excluding hydrogens is 266 g/mol. The van der Waals surface area contributed by atoms with Gasteiger partial charge in [0.1, 0.15) is 5.60 Å². The normalized spacial score (nSPS) is 20.8. The fourth-order valence-electron chi connectivity index (χ4n) is 3.18. The lowest BCUT2D eigenvalue weighted by atomic mass is 9.73. The lowest BCUT2D eigenvalue weighted by molar-refractivity contribution is -0.115. The predicted molar refractivity (Wildman–Crippen MR) is 79.8 cm³/mol. The van der Waals surface area contributed by atoms with Crippen LogP contribution < -0.4 is 0 Å². The number of aromatic nitrogens is 1. The van der Waals surface area contributed by atoms with Crippen LogP contribution in [0.3, 0.4) is 0 Å². The number of carbonyl (C=O) groups is 1. The third-order valence-corrected chi connectivity index (χ3v) is 3.98. The molecule has 5 heteroatoms. The first kappa shape index (κ1) is 14.3. The maximum absolute atomic E-state index is 11.9. The van der Waals surface area contributed by atoms with Crippen LogP contribution in [0.1, 0.15) is 26.3 Å². The number of likely N-dealkylation sites (tertiary alicyclic amines) is 2. The maximum atomic E-state index is 11.9. The van der Waals surface area contributed by atoms with Gasteiger partial charge in [-0.15, -0.1) is 0 Å². The largest absolute Gasteiger partial charge is 0.444 e. The Balaban J connectivity index is 1.43. The number of hydrogen-bond acceptors (Lipinski definition) is 4. The molecular formula is C16H23N3O2. The van der Waals surface area contributed by atoms with Crippen molar-refractivity contribution in [2.24, 2.45) is 5.41 Å². The van der Waals surface area contributed by atoms with Crippen molar-refractivity contribution in [1.29, 1.82) is 0 Å². The molecule has 0 unspecified atom stereocenters. The summed E-state index contributed by atoms with van der Waals surface area (Å²) in [5, 5.41) is 0. The average molecular weight is 289 g/mol. The SMILES string of the molecule is CC(C)(C)OC(=O)N1CC2(CN(Cc3ccncc3)C2)C1. The number of pyridine rings is 1. The summed E-state index contributed by atoms with van der Waals surface area (Å²) in [5.41, 5.74) is 1.19. The van der Waals surface area contributed by atoms with Gasteiger partial charge in [-0.2, -0.15) is 0 Å². The molecule has 0 saturated carbocycles. The zero-order chi connectivity index (χ0) is 15.1. The molecule has 114 valence electrons. The second-order valence-corrected chi connectivity index (χ2v) is 7.34. The number of hydrogen-bond donors (Lipinski definition) is 0. The van der Waals surface area contributed by atoms with Crippen molar-refractivity contribution in [2.45, 2.75) is 32.9 Å². The van der Waals surface area contributed by atoms with E-state index in [1.165, 1.54) is 5.56 Å². The second-order valence-electron chi connectivity index (χ2n) is 7.34. The summed E-state index contributed by atoms with van der Waals surface area (Å²) in [6.07, 6.45) is 3.48. The van der Waals surface area contributed by atoms with Crippen LogP contribution in [-0.2, 0) is 11.3 Å². The fraction of sp³-hybridized carbons (Fsp3) is 0.625. The van der Waals surface area contributed by atoms with E-state index in [9.17, 15) is 4.79 Å². The molecule has 0 N–H and O–H groups in total. The van der Waals surface area contributed by atoms with Crippen molar-refractivity contribution in [3.8, 4) is 0 Å². The van der Waals surface area contributed by atoms with Crippen LogP contribution in [0.2, 0.25) is 0 Å². The summed E-state index contributed by atoms with van der Waals surface area (Å²) in [6, 6.07) is 4.11. The Labute approximate surface area is 125 Å². The highest BCUT2D eigenvalue weighted by Gasteiger charge is 2.53. The fourth-order valence-corrected chi connectivity index (χ4v) is 3.18. The number of amides is 1. The topological polar surface area (TPSA) is 45.7 Å². The summed E-state index contributed by atoms with van der Waals surface area (Å²) < 4.78 is 5.39. The summed E-state index contributed by atoms with van der Waals surface area (Å²) >= 11 is 0. The zero-order valence-electron chi connectivity index (χ0n) is 13.0. The third-order valence-electron chi connectivity index (χ3n) is 3.98. The summed E-state index contributed by atoms with van der Waals surface area (Å²) in [5.74, 6) is 0. The lowest BCUT2D eigenvalue weighted by Gasteiger charge is -2.60. The lowest BCUT2D eigenvalue weighted by Crippen LogP contribution is -2.72. The van der Waals surface area contributed by atoms with Crippen LogP contribution in [0.15, 0.2) is 24.5 Å². The number of ether oxygens (including phenoxy) is 1. The van der Waals surface area contributed by atoms with Crippen LogP contribution >= 0.6 is 0 Å². The maximum Gasteiger partial charge on any atom is 0.410 e. The molecule has 0 aliphatic carbocycles. The van der Waals surface area contributed by atoms with Gasteiger partial charge in [-0.05, 0) is 38.5 Å². The third kappa shape index (κ3) is 3.18. The molecule has 2 aliphatic rings. The highest BCUT2D eigenvalue weighted by Crippen LogP contribution is 2.40. The van der Waals surface area contributed by atoms with E-state index in [-0.39, 0.29) is 6.09 Å².